The summed E-state index contributed by atoms with van der Waals surface area (Å²) in [4.78, 5) is 17.4. The summed E-state index contributed by atoms with van der Waals surface area (Å²) in [5, 5.41) is 3.48. The first kappa shape index (κ1) is 18.4. The molecule has 1 amide bonds. The molecule has 5 heteroatoms. The van der Waals surface area contributed by atoms with Gasteiger partial charge in [0.1, 0.15) is 0 Å². The lowest BCUT2D eigenvalue weighted by atomic mass is 10.1. The number of amides is 1. The molecule has 3 aromatic carbocycles. The van der Waals surface area contributed by atoms with Crippen LogP contribution in [0.2, 0.25) is 5.02 Å². The van der Waals surface area contributed by atoms with E-state index in [9.17, 15) is 4.79 Å². The Morgan fingerprint density at radius 1 is 0.750 bits per heavy atom. The van der Waals surface area contributed by atoms with Crippen LogP contribution in [0.1, 0.15) is 10.4 Å². The fourth-order valence-electron chi connectivity index (χ4n) is 3.53. The SMILES string of the molecule is O=C(Nc1ccccc1N1CCN(c2ccccc2)CC1)c1ccccc1Cl. The number of benzene rings is 3. The van der Waals surface area contributed by atoms with E-state index in [0.29, 0.717) is 10.6 Å². The Balaban J connectivity index is 1.48. The number of hydrogen-bond donors (Lipinski definition) is 1. The highest BCUT2D eigenvalue weighted by Gasteiger charge is 2.20. The lowest BCUT2D eigenvalue weighted by molar-refractivity contribution is 0.102. The molecular weight excluding hydrogens is 370 g/mol. The first-order valence-electron chi connectivity index (χ1n) is 9.42. The summed E-state index contributed by atoms with van der Waals surface area (Å²) in [6.45, 7) is 3.68. The zero-order valence-corrected chi connectivity index (χ0v) is 16.3. The molecular formula is C23H22ClN3O. The molecule has 3 aromatic rings. The maximum Gasteiger partial charge on any atom is 0.257 e. The maximum absolute atomic E-state index is 12.7. The number of piperazine rings is 1. The van der Waals surface area contributed by atoms with Crippen LogP contribution < -0.4 is 15.1 Å². The van der Waals surface area contributed by atoms with Crippen LogP contribution >= 0.6 is 11.6 Å². The fourth-order valence-corrected chi connectivity index (χ4v) is 3.76. The molecule has 1 N–H and O–H groups in total. The van der Waals surface area contributed by atoms with E-state index >= 15 is 0 Å². The predicted octanol–water partition coefficient (Wildman–Crippen LogP) is 4.92. The van der Waals surface area contributed by atoms with Gasteiger partial charge in [0.2, 0.25) is 0 Å². The van der Waals surface area contributed by atoms with Crippen molar-refractivity contribution in [3.63, 3.8) is 0 Å². The highest BCUT2D eigenvalue weighted by atomic mass is 35.5. The quantitative estimate of drug-likeness (QED) is 0.685. The molecule has 142 valence electrons. The van der Waals surface area contributed by atoms with Gasteiger partial charge in [0.25, 0.3) is 5.91 Å². The lowest BCUT2D eigenvalue weighted by Crippen LogP contribution is -2.46. The molecule has 4 nitrogen and oxygen atoms in total. The summed E-state index contributed by atoms with van der Waals surface area (Å²) in [5.74, 6) is -0.194. The van der Waals surface area contributed by atoms with Crippen LogP contribution in [0.5, 0.6) is 0 Å². The Morgan fingerprint density at radius 3 is 2.11 bits per heavy atom. The molecule has 1 heterocycles. The van der Waals surface area contributed by atoms with E-state index in [4.69, 9.17) is 11.6 Å². The molecule has 1 fully saturated rings. The molecule has 4 rings (SSSR count). The highest BCUT2D eigenvalue weighted by molar-refractivity contribution is 6.34. The standard InChI is InChI=1S/C23H22ClN3O/c24-20-11-5-4-10-19(20)23(28)25-21-12-6-7-13-22(21)27-16-14-26(15-17-27)18-8-2-1-3-9-18/h1-13H,14-17H2,(H,25,28). The Kier molecular flexibility index (Phi) is 5.49. The zero-order chi connectivity index (χ0) is 19.3. The summed E-state index contributed by atoms with van der Waals surface area (Å²) in [6, 6.07) is 25.5. The van der Waals surface area contributed by atoms with Gasteiger partial charge in [-0.05, 0) is 36.4 Å². The van der Waals surface area contributed by atoms with Gasteiger partial charge in [-0.3, -0.25) is 4.79 Å². The van der Waals surface area contributed by atoms with Crippen molar-refractivity contribution in [1.82, 2.24) is 0 Å². The molecule has 0 aromatic heterocycles. The minimum atomic E-state index is -0.194. The van der Waals surface area contributed by atoms with Crippen LogP contribution in [-0.2, 0) is 0 Å². The molecule has 0 saturated carbocycles. The molecule has 1 saturated heterocycles. The van der Waals surface area contributed by atoms with Crippen LogP contribution in [0, 0.1) is 0 Å². The average molecular weight is 392 g/mol. The minimum absolute atomic E-state index is 0.194. The number of anilines is 3. The third-order valence-electron chi connectivity index (χ3n) is 5.01. The van der Waals surface area contributed by atoms with Gasteiger partial charge < -0.3 is 15.1 Å². The Labute approximate surface area is 170 Å². The summed E-state index contributed by atoms with van der Waals surface area (Å²) in [5.41, 5.74) is 3.58. The molecule has 0 unspecified atom stereocenters. The first-order valence-corrected chi connectivity index (χ1v) is 9.80. The van der Waals surface area contributed by atoms with Gasteiger partial charge in [-0.25, -0.2) is 0 Å². The van der Waals surface area contributed by atoms with Gasteiger partial charge in [-0.1, -0.05) is 54.1 Å². The van der Waals surface area contributed by atoms with Gasteiger partial charge >= 0.3 is 0 Å². The summed E-state index contributed by atoms with van der Waals surface area (Å²) in [7, 11) is 0. The smallest absolute Gasteiger partial charge is 0.257 e. The van der Waals surface area contributed by atoms with E-state index in [1.807, 2.05) is 36.4 Å². The number of carbonyl (C=O) groups is 1. The van der Waals surface area contributed by atoms with Crippen molar-refractivity contribution in [2.45, 2.75) is 0 Å². The van der Waals surface area contributed by atoms with Crippen LogP contribution in [0.4, 0.5) is 17.1 Å². The normalized spacial score (nSPS) is 14.0. The third-order valence-corrected chi connectivity index (χ3v) is 5.34. The zero-order valence-electron chi connectivity index (χ0n) is 15.5. The Bertz CT molecular complexity index is 953. The summed E-state index contributed by atoms with van der Waals surface area (Å²) in [6.07, 6.45) is 0. The van der Waals surface area contributed by atoms with Crippen molar-refractivity contribution in [3.05, 3.63) is 89.4 Å². The molecule has 1 aliphatic heterocycles. The van der Waals surface area contributed by atoms with E-state index in [1.165, 1.54) is 5.69 Å². The second-order valence-electron chi connectivity index (χ2n) is 6.76. The van der Waals surface area contributed by atoms with E-state index in [1.54, 1.807) is 12.1 Å². The van der Waals surface area contributed by atoms with Gasteiger partial charge in [-0.15, -0.1) is 0 Å². The van der Waals surface area contributed by atoms with Crippen LogP contribution in [0.25, 0.3) is 0 Å². The maximum atomic E-state index is 12.7. The molecule has 0 spiro atoms. The van der Waals surface area contributed by atoms with Gasteiger partial charge in [0.15, 0.2) is 0 Å². The molecule has 0 radical (unpaired) electrons. The molecule has 1 aliphatic rings. The van der Waals surface area contributed by atoms with Crippen molar-refractivity contribution < 1.29 is 4.79 Å². The topological polar surface area (TPSA) is 35.6 Å². The molecule has 0 atom stereocenters. The number of carbonyl (C=O) groups excluding carboxylic acids is 1. The van der Waals surface area contributed by atoms with E-state index < -0.39 is 0 Å². The van der Waals surface area contributed by atoms with Crippen molar-refractivity contribution >= 4 is 34.6 Å². The lowest BCUT2D eigenvalue weighted by Gasteiger charge is -2.38. The first-order chi connectivity index (χ1) is 13.7. The molecule has 0 bridgehead atoms. The van der Waals surface area contributed by atoms with E-state index in [-0.39, 0.29) is 5.91 Å². The fraction of sp³-hybridized carbons (Fsp3) is 0.174. The number of nitrogens with zero attached hydrogens (tertiary/aromatic N) is 2. The monoisotopic (exact) mass is 391 g/mol. The predicted molar refractivity (Wildman–Crippen MR) is 117 cm³/mol. The van der Waals surface area contributed by atoms with Crippen LogP contribution in [-0.4, -0.2) is 32.1 Å². The number of para-hydroxylation sites is 3. The number of rotatable bonds is 4. The van der Waals surface area contributed by atoms with E-state index in [0.717, 1.165) is 37.6 Å². The van der Waals surface area contributed by atoms with E-state index in [2.05, 4.69) is 45.4 Å². The minimum Gasteiger partial charge on any atom is -0.368 e. The van der Waals surface area contributed by atoms with Crippen molar-refractivity contribution in [2.75, 3.05) is 41.3 Å². The van der Waals surface area contributed by atoms with Crippen molar-refractivity contribution in [3.8, 4) is 0 Å². The number of halogens is 1. The van der Waals surface area contributed by atoms with Crippen molar-refractivity contribution in [2.24, 2.45) is 0 Å². The largest absolute Gasteiger partial charge is 0.368 e. The van der Waals surface area contributed by atoms with Gasteiger partial charge in [-0.2, -0.15) is 0 Å². The second kappa shape index (κ2) is 8.36. The molecule has 28 heavy (non-hydrogen) atoms. The second-order valence-corrected chi connectivity index (χ2v) is 7.17. The van der Waals surface area contributed by atoms with Crippen LogP contribution in [0.15, 0.2) is 78.9 Å². The number of hydrogen-bond acceptors (Lipinski definition) is 3. The third kappa shape index (κ3) is 3.97. The molecule has 0 aliphatic carbocycles. The van der Waals surface area contributed by atoms with Crippen molar-refractivity contribution in [1.29, 1.82) is 0 Å². The number of nitrogens with one attached hydrogen (secondary N) is 1. The summed E-state index contributed by atoms with van der Waals surface area (Å²) < 4.78 is 0. The Hall–Kier alpha value is -2.98. The van der Waals surface area contributed by atoms with Crippen LogP contribution in [0.3, 0.4) is 0 Å². The highest BCUT2D eigenvalue weighted by Crippen LogP contribution is 2.28. The van der Waals surface area contributed by atoms with Gasteiger partial charge in [0.05, 0.1) is 22.0 Å². The van der Waals surface area contributed by atoms with Gasteiger partial charge in [0, 0.05) is 31.9 Å². The Morgan fingerprint density at radius 2 is 1.36 bits per heavy atom. The average Bonchev–Trinajstić information content (AvgIpc) is 2.75. The summed E-state index contributed by atoms with van der Waals surface area (Å²) >= 11 is 6.17.